The Hall–Kier alpha value is -3.25. The SMILES string of the molecule is CCOC[C@H]1O[C@@H](O[C@H]2[C@H](OCC)[C@@H](OS(=O)(=O)O)[C@H](O[C@@H]3[C@@H](O)[C@H](O[C@H]4[C@H](OCC)[C@@H](OS(=O)(=O)O)[C@H](O[C@@H]5[C@@H](O)[C@H](O[C@H]6[C@H](OCC)[C@@H](OS(=O)(=O)O)[C@H](O)O[C@H]6C(=O)O)O[C@H](CO)[C@@H]5OS(=O)(=O)O)O[C@H]4C(=O)O)O[C@H](CO)[C@@H]3OS(=O)(=O)O)O[C@H]2C(=O)O)[C@H](O)[C@@H](OS(=O)(=O)O)[C@H]1O. The van der Waals surface area contributed by atoms with Crippen LogP contribution >= 0.6 is 0 Å². The molecule has 6 heterocycles. The maximum absolute atomic E-state index is 13.5. The van der Waals surface area contributed by atoms with Gasteiger partial charge in [0.15, 0.2) is 74.4 Å². The second kappa shape index (κ2) is 35.9. The number of ether oxygens (including phenoxy) is 15. The predicted octanol–water partition coefficient (Wildman–Crippen LogP) is -10.7. The lowest BCUT2D eigenvalue weighted by atomic mass is 9.94. The molecule has 0 saturated carbocycles. The number of carboxylic acids is 3. The van der Waals surface area contributed by atoms with Crippen LogP contribution in [0, 0.1) is 0 Å². The fraction of sp³-hybridized carbons (Fsp3) is 0.932. The van der Waals surface area contributed by atoms with Crippen LogP contribution in [0.4, 0.5) is 0 Å². The van der Waals surface area contributed by atoms with Gasteiger partial charge in [-0.15, -0.1) is 0 Å². The van der Waals surface area contributed by atoms with Crippen LogP contribution in [0.25, 0.3) is 0 Å². The Labute approximate surface area is 575 Å². The number of aliphatic carboxylic acids is 3. The normalized spacial score (nSPS) is 40.0. The highest BCUT2D eigenvalue weighted by Gasteiger charge is 2.63. The number of hydrogen-bond donors (Lipinski definition) is 16. The van der Waals surface area contributed by atoms with E-state index >= 15 is 0 Å². The molecule has 6 aliphatic rings. The molecule has 58 heteroatoms. The van der Waals surface area contributed by atoms with Gasteiger partial charge in [-0.05, 0) is 27.7 Å². The highest BCUT2D eigenvalue weighted by molar-refractivity contribution is 7.82. The van der Waals surface area contributed by atoms with E-state index < -0.39 is 304 Å². The summed E-state index contributed by atoms with van der Waals surface area (Å²) in [7, 11) is -35.3. The largest absolute Gasteiger partial charge is 0.479 e. The van der Waals surface area contributed by atoms with Crippen LogP contribution in [0.15, 0.2) is 0 Å². The molecule has 6 saturated heterocycles. The van der Waals surface area contributed by atoms with Gasteiger partial charge in [0.2, 0.25) is 0 Å². The van der Waals surface area contributed by atoms with E-state index in [9.17, 15) is 143 Å². The van der Waals surface area contributed by atoms with Crippen LogP contribution in [0.3, 0.4) is 0 Å². The average Bonchev–Trinajstić information content (AvgIpc) is 0.757. The molecule has 30 atom stereocenters. The Bertz CT molecular complexity index is 3500. The molecule has 0 aromatic rings. The zero-order valence-electron chi connectivity index (χ0n) is 52.1. The van der Waals surface area contributed by atoms with E-state index in [2.05, 4.69) is 16.7 Å². The van der Waals surface area contributed by atoms with Crippen molar-refractivity contribution in [3.05, 3.63) is 0 Å². The first-order valence-electron chi connectivity index (χ1n) is 29.0. The van der Waals surface area contributed by atoms with Crippen molar-refractivity contribution in [2.24, 2.45) is 0 Å². The van der Waals surface area contributed by atoms with Crippen LogP contribution in [-0.2, 0) is 173 Å². The number of aliphatic hydroxyl groups excluding tert-OH is 7. The van der Waals surface area contributed by atoms with Crippen molar-refractivity contribution in [1.29, 1.82) is 0 Å². The lowest BCUT2D eigenvalue weighted by molar-refractivity contribution is -0.390. The molecular weight excluding hydrogens is 1550 g/mol. The zero-order chi connectivity index (χ0) is 76.9. The quantitative estimate of drug-likeness (QED) is 0.0259. The summed E-state index contributed by atoms with van der Waals surface area (Å²) in [6.07, 6.45) is -80.3. The molecule has 102 heavy (non-hydrogen) atoms. The van der Waals surface area contributed by atoms with Gasteiger partial charge in [-0.1, -0.05) is 0 Å². The first-order valence-corrected chi connectivity index (χ1v) is 37.2. The van der Waals surface area contributed by atoms with Gasteiger partial charge in [0.25, 0.3) is 0 Å². The van der Waals surface area contributed by atoms with Gasteiger partial charge in [-0.25, -0.2) is 39.5 Å². The minimum atomic E-state index is -6.12. The van der Waals surface area contributed by atoms with E-state index in [1.807, 2.05) is 0 Å². The van der Waals surface area contributed by atoms with Gasteiger partial charge in [0.05, 0.1) is 19.8 Å². The summed E-state index contributed by atoms with van der Waals surface area (Å²) in [5, 5.41) is 110. The van der Waals surface area contributed by atoms with E-state index in [1.165, 1.54) is 13.8 Å². The number of carbonyl (C=O) groups is 3. The Balaban J connectivity index is 1.44. The Kier molecular flexibility index (Phi) is 30.8. The highest BCUT2D eigenvalue weighted by atomic mass is 32.3. The number of aliphatic hydroxyl groups is 7. The van der Waals surface area contributed by atoms with Crippen molar-refractivity contribution in [2.45, 2.75) is 212 Å². The van der Waals surface area contributed by atoms with E-state index in [1.54, 1.807) is 0 Å². The lowest BCUT2D eigenvalue weighted by Gasteiger charge is -2.51. The first kappa shape index (κ1) is 87.7. The van der Waals surface area contributed by atoms with Crippen LogP contribution in [0.1, 0.15) is 27.7 Å². The smallest absolute Gasteiger partial charge is 0.397 e. The lowest BCUT2D eigenvalue weighted by Crippen LogP contribution is -2.70. The molecule has 6 rings (SSSR count). The fourth-order valence-corrected chi connectivity index (χ4v) is 14.1. The highest BCUT2D eigenvalue weighted by Crippen LogP contribution is 2.42. The van der Waals surface area contributed by atoms with Gasteiger partial charge in [-0.3, -0.25) is 27.3 Å². The van der Waals surface area contributed by atoms with Crippen molar-refractivity contribution < 1.29 is 239 Å². The molecule has 0 aliphatic carbocycles. The van der Waals surface area contributed by atoms with Crippen molar-refractivity contribution in [1.82, 2.24) is 0 Å². The molecule has 0 spiro atoms. The van der Waals surface area contributed by atoms with Gasteiger partial charge in [0.1, 0.15) is 110 Å². The van der Waals surface area contributed by atoms with Gasteiger partial charge in [-0.2, -0.15) is 50.5 Å². The summed E-state index contributed by atoms with van der Waals surface area (Å²) in [6, 6.07) is 0. The van der Waals surface area contributed by atoms with Crippen LogP contribution in [0.5, 0.6) is 0 Å². The first-order chi connectivity index (χ1) is 47.1. The maximum atomic E-state index is 13.5. The Morgan fingerprint density at radius 1 is 0.314 bits per heavy atom. The Morgan fingerprint density at radius 2 is 0.588 bits per heavy atom. The zero-order valence-corrected chi connectivity index (χ0v) is 57.0. The van der Waals surface area contributed by atoms with Gasteiger partial charge in [0, 0.05) is 26.4 Å². The van der Waals surface area contributed by atoms with Crippen molar-refractivity contribution in [3.8, 4) is 0 Å². The van der Waals surface area contributed by atoms with E-state index in [0.29, 0.717) is 0 Å². The summed E-state index contributed by atoms with van der Waals surface area (Å²) in [5.41, 5.74) is 0. The van der Waals surface area contributed by atoms with Crippen molar-refractivity contribution >= 4 is 80.3 Å². The third kappa shape index (κ3) is 23.1. The molecule has 0 unspecified atom stereocenters. The molecule has 52 nitrogen and oxygen atoms in total. The molecule has 0 bridgehead atoms. The standard InChI is InChI=1S/C44H72O52S6/c1-5-76-11-14-15(47)21(93-99(64,65)66)16(48)40(82-14)87-28-25(78-7-3)34(95-101(70,71)72)43(89-31(28)37(53)54)85-23-18(50)42(81-13(10-46)20(23)92-98(61,62)63)88-29-26(79-8-4)35(96-102(73,74)75)44(90-32(29)38(55)56)84-22-17(49)41(80-12(9-45)19(22)91-97(58,59)60)86-27-24(77-6-2)33(94-100(67,68)69)39(57)83-30(27)36(51)52/h12-35,39-50,57H,5-11H2,1-4H3,(H,51,52)(H,53,54)(H,55,56)(H,58,59,60)(H,61,62,63)(H,64,65,66)(H,67,68,69)(H,70,71,72)(H,73,74,75)/t12-,13-,14-,15+,16-,17-,18-,19+,20+,21+,22-,23-,24+,25+,26+,27+,28+,29+,30-,31-,32-,33-,34-,35-,39-,40+,41+,42+,43-,44-/m1/s1. The van der Waals surface area contributed by atoms with Crippen molar-refractivity contribution in [2.75, 3.05) is 46.2 Å². The number of rotatable bonds is 36. The molecule has 16 N–H and O–H groups in total. The summed E-state index contributed by atoms with van der Waals surface area (Å²) < 4.78 is 318. The van der Waals surface area contributed by atoms with E-state index in [-0.39, 0.29) is 6.61 Å². The molecule has 0 amide bonds. The molecule has 0 aromatic heterocycles. The van der Waals surface area contributed by atoms with Crippen LogP contribution in [-0.4, -0.2) is 377 Å². The summed E-state index contributed by atoms with van der Waals surface area (Å²) >= 11 is 0. The van der Waals surface area contributed by atoms with Crippen LogP contribution in [0.2, 0.25) is 0 Å². The van der Waals surface area contributed by atoms with E-state index in [0.717, 1.165) is 13.8 Å². The summed E-state index contributed by atoms with van der Waals surface area (Å²) in [5.74, 6) is -6.68. The number of carboxylic acid groups (broad SMARTS) is 3. The molecule has 596 valence electrons. The third-order valence-corrected chi connectivity index (χ3v) is 17.7. The minimum absolute atomic E-state index is 0.138. The molecular formula is C44H72O52S6. The maximum Gasteiger partial charge on any atom is 0.397 e. The van der Waals surface area contributed by atoms with Gasteiger partial charge < -0.3 is 122 Å². The summed E-state index contributed by atoms with van der Waals surface area (Å²) in [6.45, 7) is -1.40. The van der Waals surface area contributed by atoms with Gasteiger partial charge >= 0.3 is 80.3 Å². The summed E-state index contributed by atoms with van der Waals surface area (Å²) in [4.78, 5) is 39.3. The molecule has 6 fully saturated rings. The fourth-order valence-electron chi connectivity index (χ4n) is 11.1. The second-order valence-corrected chi connectivity index (χ2v) is 27.9. The molecule has 0 radical (unpaired) electrons. The topological polar surface area (TPSA) is 774 Å². The monoisotopic (exact) mass is 1620 g/mol. The number of hydrogen-bond acceptors (Lipinski definition) is 43. The third-order valence-electron chi connectivity index (χ3n) is 14.9. The predicted molar refractivity (Wildman–Crippen MR) is 301 cm³/mol. The van der Waals surface area contributed by atoms with Crippen LogP contribution < -0.4 is 0 Å². The van der Waals surface area contributed by atoms with E-state index in [4.69, 9.17) is 79.4 Å². The molecule has 6 aliphatic heterocycles. The Morgan fingerprint density at radius 3 is 0.892 bits per heavy atom. The minimum Gasteiger partial charge on any atom is -0.479 e. The van der Waals surface area contributed by atoms with Crippen molar-refractivity contribution in [3.63, 3.8) is 0 Å². The average molecular weight is 1630 g/mol. The molecule has 0 aromatic carbocycles. The second-order valence-electron chi connectivity index (χ2n) is 21.6.